The number of rotatable bonds is 5. The maximum Gasteiger partial charge on any atom is 0.291 e. The molecule has 140 valence electrons. The highest BCUT2D eigenvalue weighted by molar-refractivity contribution is 9.10. The molecular weight excluding hydrogens is 456 g/mol. The maximum atomic E-state index is 12.7. The molecule has 3 rings (SSSR count). The van der Waals surface area contributed by atoms with Gasteiger partial charge in [0.2, 0.25) is 0 Å². The van der Waals surface area contributed by atoms with Crippen molar-refractivity contribution in [3.63, 3.8) is 0 Å². The van der Waals surface area contributed by atoms with Crippen molar-refractivity contribution < 1.29 is 17.6 Å². The van der Waals surface area contributed by atoms with Crippen LogP contribution >= 0.6 is 27.5 Å². The highest BCUT2D eigenvalue weighted by atomic mass is 79.9. The van der Waals surface area contributed by atoms with Crippen LogP contribution in [0.4, 0.5) is 11.4 Å². The normalized spacial score (nSPS) is 11.2. The summed E-state index contributed by atoms with van der Waals surface area (Å²) in [6, 6.07) is 14.0. The zero-order valence-electron chi connectivity index (χ0n) is 14.0. The lowest BCUT2D eigenvalue weighted by molar-refractivity contribution is 0.0995. The van der Waals surface area contributed by atoms with E-state index in [2.05, 4.69) is 26.0 Å². The number of carbonyl (C=O) groups is 1. The molecular formula is C18H14BrClN2O4S. The molecule has 3 aromatic rings. The average molecular weight is 470 g/mol. The van der Waals surface area contributed by atoms with Gasteiger partial charge >= 0.3 is 0 Å². The Kier molecular flexibility index (Phi) is 5.59. The SMILES string of the molecule is Cc1ccc(NC(=O)c2ccc(Br)o2)cc1S(=O)(=O)Nc1ccc(Cl)cc1. The average Bonchev–Trinajstić information content (AvgIpc) is 3.05. The number of amides is 1. The van der Waals surface area contributed by atoms with E-state index in [-0.39, 0.29) is 10.7 Å². The second-order valence-electron chi connectivity index (χ2n) is 5.65. The molecule has 9 heteroatoms. The zero-order chi connectivity index (χ0) is 19.6. The van der Waals surface area contributed by atoms with E-state index in [0.717, 1.165) is 0 Å². The van der Waals surface area contributed by atoms with Crippen molar-refractivity contribution in [2.45, 2.75) is 11.8 Å². The third kappa shape index (κ3) is 4.71. The van der Waals surface area contributed by atoms with Gasteiger partial charge in [0.15, 0.2) is 10.4 Å². The lowest BCUT2D eigenvalue weighted by Gasteiger charge is -2.12. The molecule has 0 bridgehead atoms. The molecule has 1 heterocycles. The van der Waals surface area contributed by atoms with Gasteiger partial charge in [-0.05, 0) is 76.9 Å². The number of nitrogens with one attached hydrogen (secondary N) is 2. The van der Waals surface area contributed by atoms with Crippen molar-refractivity contribution >= 4 is 54.8 Å². The summed E-state index contributed by atoms with van der Waals surface area (Å²) in [5.74, 6) is -0.385. The van der Waals surface area contributed by atoms with E-state index in [1.807, 2.05) is 0 Å². The van der Waals surface area contributed by atoms with Crippen LogP contribution in [0.2, 0.25) is 5.02 Å². The van der Waals surface area contributed by atoms with E-state index in [4.69, 9.17) is 16.0 Å². The molecule has 0 unspecified atom stereocenters. The first kappa shape index (κ1) is 19.5. The fourth-order valence-electron chi connectivity index (χ4n) is 2.32. The van der Waals surface area contributed by atoms with Crippen LogP contribution in [0.1, 0.15) is 16.1 Å². The van der Waals surface area contributed by atoms with Gasteiger partial charge in [-0.3, -0.25) is 9.52 Å². The first-order valence-electron chi connectivity index (χ1n) is 7.70. The predicted octanol–water partition coefficient (Wildman–Crippen LogP) is 5.06. The first-order chi connectivity index (χ1) is 12.7. The molecule has 0 aliphatic heterocycles. The van der Waals surface area contributed by atoms with E-state index in [1.54, 1.807) is 49.4 Å². The van der Waals surface area contributed by atoms with Crippen molar-refractivity contribution in [2.24, 2.45) is 0 Å². The van der Waals surface area contributed by atoms with Crippen LogP contribution < -0.4 is 10.0 Å². The summed E-state index contributed by atoms with van der Waals surface area (Å²) in [7, 11) is -3.85. The van der Waals surface area contributed by atoms with Gasteiger partial charge in [-0.2, -0.15) is 0 Å². The minimum atomic E-state index is -3.85. The molecule has 0 fully saturated rings. The largest absolute Gasteiger partial charge is 0.444 e. The summed E-state index contributed by atoms with van der Waals surface area (Å²) >= 11 is 8.94. The molecule has 0 aliphatic rings. The molecule has 0 spiro atoms. The predicted molar refractivity (Wildman–Crippen MR) is 108 cm³/mol. The second kappa shape index (κ2) is 7.75. The highest BCUT2D eigenvalue weighted by Crippen LogP contribution is 2.24. The number of carbonyl (C=O) groups excluding carboxylic acids is 1. The second-order valence-corrected chi connectivity index (χ2v) is 8.52. The molecule has 2 aromatic carbocycles. The molecule has 0 radical (unpaired) electrons. The summed E-state index contributed by atoms with van der Waals surface area (Å²) in [5, 5.41) is 3.12. The maximum absolute atomic E-state index is 12.7. The van der Waals surface area contributed by atoms with Crippen molar-refractivity contribution in [3.8, 4) is 0 Å². The van der Waals surface area contributed by atoms with Gasteiger partial charge < -0.3 is 9.73 Å². The Morgan fingerprint density at radius 2 is 1.70 bits per heavy atom. The summed E-state index contributed by atoms with van der Waals surface area (Å²) in [5.41, 5.74) is 1.25. The number of anilines is 2. The summed E-state index contributed by atoms with van der Waals surface area (Å²) in [6.45, 7) is 1.67. The molecule has 0 atom stereocenters. The number of benzene rings is 2. The topological polar surface area (TPSA) is 88.4 Å². The summed E-state index contributed by atoms with van der Waals surface area (Å²) < 4.78 is 33.6. The number of furan rings is 1. The van der Waals surface area contributed by atoms with Crippen molar-refractivity contribution in [2.75, 3.05) is 10.0 Å². The fourth-order valence-corrected chi connectivity index (χ4v) is 4.09. The Bertz CT molecular complexity index is 1090. The van der Waals surface area contributed by atoms with Gasteiger partial charge in [-0.1, -0.05) is 17.7 Å². The van der Waals surface area contributed by atoms with Gasteiger partial charge in [-0.15, -0.1) is 0 Å². The van der Waals surface area contributed by atoms with E-state index in [0.29, 0.717) is 26.6 Å². The monoisotopic (exact) mass is 468 g/mol. The van der Waals surface area contributed by atoms with Gasteiger partial charge in [0, 0.05) is 16.4 Å². The van der Waals surface area contributed by atoms with Gasteiger partial charge in [0.1, 0.15) is 0 Å². The van der Waals surface area contributed by atoms with E-state index >= 15 is 0 Å². The number of sulfonamides is 1. The lowest BCUT2D eigenvalue weighted by Crippen LogP contribution is -2.16. The molecule has 1 aromatic heterocycles. The van der Waals surface area contributed by atoms with Crippen molar-refractivity contribution in [3.05, 3.63) is 75.6 Å². The van der Waals surface area contributed by atoms with Crippen molar-refractivity contribution in [1.82, 2.24) is 0 Å². The fraction of sp³-hybridized carbons (Fsp3) is 0.0556. The van der Waals surface area contributed by atoms with E-state index in [1.165, 1.54) is 12.1 Å². The Hall–Kier alpha value is -2.29. The molecule has 2 N–H and O–H groups in total. The zero-order valence-corrected chi connectivity index (χ0v) is 17.2. The Labute approximate surface area is 169 Å². The van der Waals surface area contributed by atoms with Gasteiger partial charge in [0.05, 0.1) is 4.90 Å². The highest BCUT2D eigenvalue weighted by Gasteiger charge is 2.19. The molecule has 0 saturated carbocycles. The smallest absolute Gasteiger partial charge is 0.291 e. The van der Waals surface area contributed by atoms with Crippen LogP contribution in [0, 0.1) is 6.92 Å². The summed E-state index contributed by atoms with van der Waals surface area (Å²) in [6.07, 6.45) is 0. The third-order valence-electron chi connectivity index (χ3n) is 3.63. The van der Waals surface area contributed by atoms with Crippen LogP contribution in [0.25, 0.3) is 0 Å². The van der Waals surface area contributed by atoms with Crippen LogP contribution in [0.3, 0.4) is 0 Å². The minimum Gasteiger partial charge on any atom is -0.444 e. The number of halogens is 2. The van der Waals surface area contributed by atoms with Crippen LogP contribution in [0.15, 0.2) is 68.6 Å². The standard InChI is InChI=1S/C18H14BrClN2O4S/c1-11-2-5-14(21-18(23)15-8-9-17(19)26-15)10-16(11)27(24,25)22-13-6-3-12(20)4-7-13/h2-10,22H,1H3,(H,21,23). The number of aryl methyl sites for hydroxylation is 1. The Morgan fingerprint density at radius 3 is 2.33 bits per heavy atom. The Morgan fingerprint density at radius 1 is 1.04 bits per heavy atom. The van der Waals surface area contributed by atoms with Crippen molar-refractivity contribution in [1.29, 1.82) is 0 Å². The molecule has 6 nitrogen and oxygen atoms in total. The van der Waals surface area contributed by atoms with Crippen LogP contribution in [0.5, 0.6) is 0 Å². The molecule has 1 amide bonds. The Balaban J connectivity index is 1.85. The number of hydrogen-bond donors (Lipinski definition) is 2. The minimum absolute atomic E-state index is 0.0517. The van der Waals surface area contributed by atoms with E-state index < -0.39 is 15.9 Å². The third-order valence-corrected chi connectivity index (χ3v) is 5.83. The molecule has 0 aliphatic carbocycles. The van der Waals surface area contributed by atoms with E-state index in [9.17, 15) is 13.2 Å². The number of hydrogen-bond acceptors (Lipinski definition) is 4. The van der Waals surface area contributed by atoms with Gasteiger partial charge in [-0.25, -0.2) is 8.42 Å². The first-order valence-corrected chi connectivity index (χ1v) is 10.4. The van der Waals surface area contributed by atoms with Gasteiger partial charge in [0.25, 0.3) is 15.9 Å². The lowest BCUT2D eigenvalue weighted by atomic mass is 10.2. The summed E-state index contributed by atoms with van der Waals surface area (Å²) in [4.78, 5) is 12.2. The van der Waals surface area contributed by atoms with Crippen LogP contribution in [-0.2, 0) is 10.0 Å². The van der Waals surface area contributed by atoms with Crippen LogP contribution in [-0.4, -0.2) is 14.3 Å². The molecule has 27 heavy (non-hydrogen) atoms. The quantitative estimate of drug-likeness (QED) is 0.547. The molecule has 0 saturated heterocycles.